The van der Waals surface area contributed by atoms with Gasteiger partial charge in [0.05, 0.1) is 16.3 Å². The fourth-order valence-electron chi connectivity index (χ4n) is 2.10. The largest absolute Gasteiger partial charge is 0.322 e. The fraction of sp³-hybridized carbons (Fsp3) is 0.0526. The summed E-state index contributed by atoms with van der Waals surface area (Å²) in [6.07, 6.45) is 4.59. The molecule has 0 spiro atoms. The maximum Gasteiger partial charge on any atom is 0.257 e. The first kappa shape index (κ1) is 17.8. The molecule has 0 radical (unpaired) electrons. The smallest absolute Gasteiger partial charge is 0.257 e. The topological polar surface area (TPSA) is 72.0 Å². The molecule has 0 unspecified atom stereocenters. The SMILES string of the molecule is O=C(CSc1ccc(C(=O)Nc2ccc(F)cc2)cn1)c1ccncc1. The molecule has 1 N–H and O–H groups in total. The Kier molecular flexibility index (Phi) is 5.70. The average Bonchev–Trinajstić information content (AvgIpc) is 2.69. The van der Waals surface area contributed by atoms with Gasteiger partial charge in [0.25, 0.3) is 5.91 Å². The van der Waals surface area contributed by atoms with Crippen molar-refractivity contribution >= 4 is 29.1 Å². The predicted molar refractivity (Wildman–Crippen MR) is 97.9 cm³/mol. The molecule has 0 bridgehead atoms. The highest BCUT2D eigenvalue weighted by Crippen LogP contribution is 2.18. The van der Waals surface area contributed by atoms with Crippen molar-refractivity contribution in [2.45, 2.75) is 5.03 Å². The lowest BCUT2D eigenvalue weighted by Crippen LogP contribution is -2.12. The van der Waals surface area contributed by atoms with E-state index in [1.807, 2.05) is 0 Å². The molecular formula is C19H14FN3O2S. The van der Waals surface area contributed by atoms with E-state index in [9.17, 15) is 14.0 Å². The molecule has 3 aromatic rings. The zero-order valence-electron chi connectivity index (χ0n) is 13.6. The number of anilines is 1. The fourth-order valence-corrected chi connectivity index (χ4v) is 2.83. The summed E-state index contributed by atoms with van der Waals surface area (Å²) in [5.74, 6) is -0.476. The molecule has 0 aliphatic rings. The summed E-state index contributed by atoms with van der Waals surface area (Å²) in [4.78, 5) is 32.3. The highest BCUT2D eigenvalue weighted by atomic mass is 32.2. The van der Waals surface area contributed by atoms with Crippen molar-refractivity contribution in [1.82, 2.24) is 9.97 Å². The molecule has 0 atom stereocenters. The Balaban J connectivity index is 1.57. The highest BCUT2D eigenvalue weighted by Gasteiger charge is 2.09. The molecule has 0 fully saturated rings. The van der Waals surface area contributed by atoms with Gasteiger partial charge in [-0.05, 0) is 48.5 Å². The summed E-state index contributed by atoms with van der Waals surface area (Å²) in [7, 11) is 0. The third-order valence-corrected chi connectivity index (χ3v) is 4.40. The first-order chi connectivity index (χ1) is 12.6. The number of carbonyl (C=O) groups is 2. The van der Waals surface area contributed by atoms with Gasteiger partial charge in [0.2, 0.25) is 0 Å². The van der Waals surface area contributed by atoms with E-state index in [0.29, 0.717) is 21.8 Å². The van der Waals surface area contributed by atoms with Crippen molar-refractivity contribution in [3.8, 4) is 0 Å². The number of aromatic nitrogens is 2. The van der Waals surface area contributed by atoms with E-state index in [4.69, 9.17) is 0 Å². The molecule has 1 aromatic carbocycles. The Morgan fingerprint density at radius 2 is 1.69 bits per heavy atom. The van der Waals surface area contributed by atoms with E-state index in [1.165, 1.54) is 42.2 Å². The highest BCUT2D eigenvalue weighted by molar-refractivity contribution is 7.99. The number of pyridine rings is 2. The third-order valence-electron chi connectivity index (χ3n) is 3.45. The molecule has 2 aromatic heterocycles. The lowest BCUT2D eigenvalue weighted by Gasteiger charge is -2.06. The van der Waals surface area contributed by atoms with Gasteiger partial charge in [-0.3, -0.25) is 14.6 Å². The van der Waals surface area contributed by atoms with Crippen molar-refractivity contribution in [2.24, 2.45) is 0 Å². The van der Waals surface area contributed by atoms with Crippen LogP contribution >= 0.6 is 11.8 Å². The van der Waals surface area contributed by atoms with E-state index in [2.05, 4.69) is 15.3 Å². The number of thioether (sulfide) groups is 1. The average molecular weight is 367 g/mol. The number of nitrogens with one attached hydrogen (secondary N) is 1. The molecular weight excluding hydrogens is 353 g/mol. The lowest BCUT2D eigenvalue weighted by atomic mass is 10.2. The van der Waals surface area contributed by atoms with Gasteiger partial charge in [0.1, 0.15) is 5.82 Å². The molecule has 0 saturated carbocycles. The van der Waals surface area contributed by atoms with Crippen LogP contribution in [0, 0.1) is 5.82 Å². The second-order valence-corrected chi connectivity index (χ2v) is 6.29. The van der Waals surface area contributed by atoms with Crippen molar-refractivity contribution in [1.29, 1.82) is 0 Å². The number of benzene rings is 1. The second-order valence-electron chi connectivity index (χ2n) is 5.29. The van der Waals surface area contributed by atoms with Crippen LogP contribution < -0.4 is 5.32 Å². The number of carbonyl (C=O) groups excluding carboxylic acids is 2. The Morgan fingerprint density at radius 3 is 2.35 bits per heavy atom. The monoisotopic (exact) mass is 367 g/mol. The summed E-state index contributed by atoms with van der Waals surface area (Å²) in [6.45, 7) is 0. The van der Waals surface area contributed by atoms with E-state index >= 15 is 0 Å². The van der Waals surface area contributed by atoms with Crippen LogP contribution in [0.25, 0.3) is 0 Å². The number of Topliss-reactive ketones (excluding diaryl/α,β-unsaturated/α-hetero) is 1. The minimum atomic E-state index is -0.368. The number of nitrogens with zero attached hydrogens (tertiary/aromatic N) is 2. The van der Waals surface area contributed by atoms with E-state index in [-0.39, 0.29) is 23.3 Å². The van der Waals surface area contributed by atoms with Crippen LogP contribution in [0.1, 0.15) is 20.7 Å². The van der Waals surface area contributed by atoms with E-state index in [0.717, 1.165) is 0 Å². The molecule has 7 heteroatoms. The molecule has 3 rings (SSSR count). The zero-order chi connectivity index (χ0) is 18.4. The molecule has 2 heterocycles. The first-order valence-corrected chi connectivity index (χ1v) is 8.69. The minimum absolute atomic E-state index is 0.0164. The number of hydrogen-bond acceptors (Lipinski definition) is 5. The molecule has 0 aliphatic carbocycles. The molecule has 130 valence electrons. The first-order valence-electron chi connectivity index (χ1n) is 7.71. The van der Waals surface area contributed by atoms with Crippen LogP contribution in [-0.4, -0.2) is 27.4 Å². The van der Waals surface area contributed by atoms with Gasteiger partial charge in [-0.25, -0.2) is 9.37 Å². The summed E-state index contributed by atoms with van der Waals surface area (Å²) < 4.78 is 12.9. The number of halogens is 1. The summed E-state index contributed by atoms with van der Waals surface area (Å²) >= 11 is 1.29. The van der Waals surface area contributed by atoms with Crippen molar-refractivity contribution in [3.05, 3.63) is 84.1 Å². The Bertz CT molecular complexity index is 900. The van der Waals surface area contributed by atoms with Crippen LogP contribution in [-0.2, 0) is 0 Å². The maximum atomic E-state index is 12.9. The van der Waals surface area contributed by atoms with Crippen LogP contribution in [0.15, 0.2) is 72.1 Å². The van der Waals surface area contributed by atoms with Crippen molar-refractivity contribution in [3.63, 3.8) is 0 Å². The second kappa shape index (κ2) is 8.35. The van der Waals surface area contributed by atoms with Gasteiger partial charge in [-0.1, -0.05) is 11.8 Å². The quantitative estimate of drug-likeness (QED) is 0.529. The number of amides is 1. The van der Waals surface area contributed by atoms with E-state index < -0.39 is 0 Å². The number of rotatable bonds is 6. The molecule has 5 nitrogen and oxygen atoms in total. The molecule has 0 saturated heterocycles. The zero-order valence-corrected chi connectivity index (χ0v) is 14.4. The molecule has 0 aliphatic heterocycles. The number of hydrogen-bond donors (Lipinski definition) is 1. The summed E-state index contributed by atoms with van der Waals surface area (Å²) in [5, 5.41) is 3.31. The lowest BCUT2D eigenvalue weighted by molar-refractivity contribution is 0.101. The van der Waals surface area contributed by atoms with Gasteiger partial charge in [0, 0.05) is 29.8 Å². The van der Waals surface area contributed by atoms with Gasteiger partial charge in [-0.2, -0.15) is 0 Å². The van der Waals surface area contributed by atoms with Gasteiger partial charge >= 0.3 is 0 Å². The van der Waals surface area contributed by atoms with Crippen molar-refractivity contribution in [2.75, 3.05) is 11.1 Å². The van der Waals surface area contributed by atoms with E-state index in [1.54, 1.807) is 36.7 Å². The third kappa shape index (κ3) is 4.73. The Morgan fingerprint density at radius 1 is 0.962 bits per heavy atom. The Labute approximate surface area is 153 Å². The molecule has 26 heavy (non-hydrogen) atoms. The van der Waals surface area contributed by atoms with Crippen LogP contribution in [0.5, 0.6) is 0 Å². The minimum Gasteiger partial charge on any atom is -0.322 e. The van der Waals surface area contributed by atoms with Gasteiger partial charge < -0.3 is 5.32 Å². The van der Waals surface area contributed by atoms with Gasteiger partial charge in [0.15, 0.2) is 5.78 Å². The molecule has 1 amide bonds. The summed E-state index contributed by atoms with van der Waals surface area (Å²) in [6, 6.07) is 12.2. The van der Waals surface area contributed by atoms with Crippen LogP contribution in [0.3, 0.4) is 0 Å². The summed E-state index contributed by atoms with van der Waals surface area (Å²) in [5.41, 5.74) is 1.47. The standard InChI is InChI=1S/C19H14FN3O2S/c20-15-2-4-16(5-3-15)23-19(25)14-1-6-18(22-11-14)26-12-17(24)13-7-9-21-10-8-13/h1-11H,12H2,(H,23,25). The number of ketones is 1. The van der Waals surface area contributed by atoms with Crippen LogP contribution in [0.2, 0.25) is 0 Å². The van der Waals surface area contributed by atoms with Crippen molar-refractivity contribution < 1.29 is 14.0 Å². The van der Waals surface area contributed by atoms with Gasteiger partial charge in [-0.15, -0.1) is 0 Å². The predicted octanol–water partition coefficient (Wildman–Crippen LogP) is 3.84. The van der Waals surface area contributed by atoms with Crippen LogP contribution in [0.4, 0.5) is 10.1 Å². The Hall–Kier alpha value is -3.06. The normalized spacial score (nSPS) is 10.3. The maximum absolute atomic E-state index is 12.9.